The maximum Gasteiger partial charge on any atom is 0.330 e. The van der Waals surface area contributed by atoms with E-state index in [2.05, 4.69) is 36.6 Å². The maximum atomic E-state index is 10.5. The smallest absolute Gasteiger partial charge is 0.330 e. The summed E-state index contributed by atoms with van der Waals surface area (Å²) in [5.41, 5.74) is 0. The van der Waals surface area contributed by atoms with Crippen LogP contribution in [0.15, 0.2) is 12.7 Å². The highest BCUT2D eigenvalue weighted by Gasteiger charge is 2.13. The summed E-state index contributed by atoms with van der Waals surface area (Å²) in [5.74, 6) is -0.450. The molecule has 0 aliphatic carbocycles. The number of esters is 1. The number of hydrogen-bond acceptors (Lipinski definition) is 4. The molecule has 4 heteroatoms. The lowest BCUT2D eigenvalue weighted by Gasteiger charge is -2.14. The lowest BCUT2D eigenvalue weighted by atomic mass is 10.5. The Labute approximate surface area is 71.5 Å². The van der Waals surface area contributed by atoms with Crippen molar-refractivity contribution in [3.05, 3.63) is 12.7 Å². The van der Waals surface area contributed by atoms with Crippen LogP contribution in [0.3, 0.4) is 0 Å². The second-order valence-corrected chi connectivity index (χ2v) is 4.36. The van der Waals surface area contributed by atoms with E-state index in [1.807, 2.05) is 0 Å². The fraction of sp³-hybridized carbons (Fsp3) is 0.500. The first-order valence-electron chi connectivity index (χ1n) is 2.69. The van der Waals surface area contributed by atoms with Crippen LogP contribution in [-0.2, 0) is 9.53 Å². The summed E-state index contributed by atoms with van der Waals surface area (Å²) in [5, 5.41) is 0. The molecule has 58 valence electrons. The summed E-state index contributed by atoms with van der Waals surface area (Å²) in [4.78, 5) is 10.5. The second-order valence-electron chi connectivity index (χ2n) is 2.03. The SMILES string of the molecule is C=CC(=O)OCC(C)(S)S. The largest absolute Gasteiger partial charge is 0.460 e. The van der Waals surface area contributed by atoms with E-state index < -0.39 is 10.0 Å². The monoisotopic (exact) mass is 178 g/mol. The third-order valence-corrected chi connectivity index (χ3v) is 0.913. The van der Waals surface area contributed by atoms with Gasteiger partial charge in [-0.2, -0.15) is 25.3 Å². The molecule has 0 aromatic heterocycles. The van der Waals surface area contributed by atoms with E-state index in [0.717, 1.165) is 6.08 Å². The molecule has 0 aromatic rings. The van der Waals surface area contributed by atoms with Gasteiger partial charge in [-0.25, -0.2) is 4.79 Å². The molecule has 0 saturated carbocycles. The lowest BCUT2D eigenvalue weighted by Crippen LogP contribution is -2.18. The van der Waals surface area contributed by atoms with Gasteiger partial charge in [-0.15, -0.1) is 0 Å². The Hall–Kier alpha value is -0.0900. The van der Waals surface area contributed by atoms with Gasteiger partial charge in [0.2, 0.25) is 0 Å². The first kappa shape index (κ1) is 9.91. The van der Waals surface area contributed by atoms with Crippen LogP contribution in [-0.4, -0.2) is 16.7 Å². The summed E-state index contributed by atoms with van der Waals surface area (Å²) in [6.45, 7) is 5.14. The van der Waals surface area contributed by atoms with Crippen molar-refractivity contribution in [1.29, 1.82) is 0 Å². The van der Waals surface area contributed by atoms with Crippen LogP contribution in [0.5, 0.6) is 0 Å². The van der Waals surface area contributed by atoms with Gasteiger partial charge in [-0.05, 0) is 6.92 Å². The molecule has 0 spiro atoms. The van der Waals surface area contributed by atoms with Crippen LogP contribution in [0, 0.1) is 0 Å². The highest BCUT2D eigenvalue weighted by Crippen LogP contribution is 2.17. The molecule has 0 aromatic carbocycles. The van der Waals surface area contributed by atoms with E-state index in [1.165, 1.54) is 0 Å². The van der Waals surface area contributed by atoms with Crippen LogP contribution in [0.2, 0.25) is 0 Å². The molecular formula is C6H10O2S2. The molecule has 0 aliphatic rings. The molecule has 0 heterocycles. The molecule has 0 bridgehead atoms. The van der Waals surface area contributed by atoms with E-state index in [1.54, 1.807) is 6.92 Å². The van der Waals surface area contributed by atoms with Crippen LogP contribution in [0.25, 0.3) is 0 Å². The molecule has 0 unspecified atom stereocenters. The minimum atomic E-state index is -0.571. The van der Waals surface area contributed by atoms with Crippen molar-refractivity contribution in [3.8, 4) is 0 Å². The molecule has 0 rings (SSSR count). The Morgan fingerprint density at radius 1 is 1.80 bits per heavy atom. The van der Waals surface area contributed by atoms with Crippen LogP contribution < -0.4 is 0 Å². The van der Waals surface area contributed by atoms with Crippen molar-refractivity contribution in [1.82, 2.24) is 0 Å². The van der Waals surface area contributed by atoms with E-state index in [-0.39, 0.29) is 6.61 Å². The Bertz CT molecular complexity index is 137. The predicted molar refractivity (Wildman–Crippen MR) is 47.5 cm³/mol. The average Bonchev–Trinajstić information content (AvgIpc) is 1.81. The highest BCUT2D eigenvalue weighted by molar-refractivity contribution is 8.00. The van der Waals surface area contributed by atoms with Crippen molar-refractivity contribution in [2.24, 2.45) is 0 Å². The topological polar surface area (TPSA) is 26.3 Å². The van der Waals surface area contributed by atoms with Gasteiger partial charge in [0.25, 0.3) is 0 Å². The van der Waals surface area contributed by atoms with Gasteiger partial charge in [-0.1, -0.05) is 6.58 Å². The lowest BCUT2D eigenvalue weighted by molar-refractivity contribution is -0.137. The zero-order valence-corrected chi connectivity index (χ0v) is 7.49. The van der Waals surface area contributed by atoms with Gasteiger partial charge >= 0.3 is 5.97 Å². The maximum absolute atomic E-state index is 10.5. The van der Waals surface area contributed by atoms with Gasteiger partial charge in [0.05, 0.1) is 4.08 Å². The zero-order valence-electron chi connectivity index (χ0n) is 5.70. The quantitative estimate of drug-likeness (QED) is 0.295. The number of thiol groups is 2. The molecule has 0 fully saturated rings. The predicted octanol–water partition coefficient (Wildman–Crippen LogP) is 1.29. The van der Waals surface area contributed by atoms with Crippen molar-refractivity contribution < 1.29 is 9.53 Å². The molecule has 0 N–H and O–H groups in total. The van der Waals surface area contributed by atoms with Crippen LogP contribution >= 0.6 is 25.3 Å². The average molecular weight is 178 g/mol. The number of rotatable bonds is 3. The van der Waals surface area contributed by atoms with Gasteiger partial charge in [0.15, 0.2) is 0 Å². The summed E-state index contributed by atoms with van der Waals surface area (Å²) in [6.07, 6.45) is 1.10. The standard InChI is InChI=1S/C6H10O2S2/c1-3-5(7)8-4-6(2,9)10/h3,9-10H,1,4H2,2H3. The number of hydrogen-bond donors (Lipinski definition) is 2. The normalized spacial score (nSPS) is 10.7. The van der Waals surface area contributed by atoms with Crippen LogP contribution in [0.4, 0.5) is 0 Å². The first-order chi connectivity index (χ1) is 4.45. The Morgan fingerprint density at radius 2 is 2.30 bits per heavy atom. The first-order valence-corrected chi connectivity index (χ1v) is 3.59. The molecule has 0 saturated heterocycles. The molecule has 0 radical (unpaired) electrons. The fourth-order valence-electron chi connectivity index (χ4n) is 0.267. The molecular weight excluding hydrogens is 168 g/mol. The summed E-state index contributed by atoms with van der Waals surface area (Å²) in [7, 11) is 0. The van der Waals surface area contributed by atoms with E-state index in [9.17, 15) is 4.79 Å². The molecule has 0 amide bonds. The number of carbonyl (C=O) groups excluding carboxylic acids is 1. The minimum Gasteiger partial charge on any atom is -0.460 e. The number of carbonyl (C=O) groups is 1. The molecule has 0 aliphatic heterocycles. The summed E-state index contributed by atoms with van der Waals surface area (Å²) < 4.78 is 4.08. The van der Waals surface area contributed by atoms with Gasteiger partial charge in [0, 0.05) is 6.08 Å². The summed E-state index contributed by atoms with van der Waals surface area (Å²) >= 11 is 8.04. The third kappa shape index (κ3) is 6.04. The van der Waals surface area contributed by atoms with E-state index >= 15 is 0 Å². The minimum absolute atomic E-state index is 0.171. The Kier molecular flexibility index (Phi) is 3.89. The van der Waals surface area contributed by atoms with Gasteiger partial charge in [0.1, 0.15) is 6.61 Å². The van der Waals surface area contributed by atoms with E-state index in [4.69, 9.17) is 0 Å². The summed E-state index contributed by atoms with van der Waals surface area (Å²) in [6, 6.07) is 0. The fourth-order valence-corrected chi connectivity index (χ4v) is 0.396. The zero-order chi connectivity index (χ0) is 8.20. The van der Waals surface area contributed by atoms with Gasteiger partial charge in [-0.3, -0.25) is 0 Å². The van der Waals surface area contributed by atoms with Crippen LogP contribution in [0.1, 0.15) is 6.92 Å². The Morgan fingerprint density at radius 3 is 2.60 bits per heavy atom. The number of ether oxygens (including phenoxy) is 1. The second kappa shape index (κ2) is 3.93. The molecule has 2 nitrogen and oxygen atoms in total. The van der Waals surface area contributed by atoms with Crippen molar-refractivity contribution in [3.63, 3.8) is 0 Å². The van der Waals surface area contributed by atoms with Gasteiger partial charge < -0.3 is 4.74 Å². The molecule has 0 atom stereocenters. The van der Waals surface area contributed by atoms with E-state index in [0.29, 0.717) is 0 Å². The highest BCUT2D eigenvalue weighted by atomic mass is 32.2. The van der Waals surface area contributed by atoms with Crippen molar-refractivity contribution in [2.75, 3.05) is 6.61 Å². The Balaban J connectivity index is 3.55. The third-order valence-electron chi connectivity index (χ3n) is 0.655. The molecule has 10 heavy (non-hydrogen) atoms. The van der Waals surface area contributed by atoms with Crippen molar-refractivity contribution >= 4 is 31.2 Å². The van der Waals surface area contributed by atoms with Crippen molar-refractivity contribution in [2.45, 2.75) is 11.0 Å².